The maximum absolute atomic E-state index is 12.4. The van der Waals surface area contributed by atoms with Gasteiger partial charge in [0.2, 0.25) is 11.8 Å². The van der Waals surface area contributed by atoms with Gasteiger partial charge in [-0.3, -0.25) is 4.79 Å². The Bertz CT molecular complexity index is 1050. The molecule has 6 heteroatoms. The quantitative estimate of drug-likeness (QED) is 0.582. The summed E-state index contributed by atoms with van der Waals surface area (Å²) in [5.74, 6) is 0.698. The number of hydrogen-bond donors (Lipinski definition) is 1. The molecule has 1 amide bonds. The molecule has 2 heterocycles. The van der Waals surface area contributed by atoms with E-state index >= 15 is 0 Å². The fourth-order valence-corrected chi connectivity index (χ4v) is 2.76. The first-order valence-electron chi connectivity index (χ1n) is 8.60. The standard InChI is InChI=1S/C21H18N4O2/c1-15-9-11-17(12-10-15)22-19(26)14-25-13-5-8-18(25)21-24-23-20(27-21)16-6-3-2-4-7-16/h2-13H,14H2,1H3,(H,22,26). The summed E-state index contributed by atoms with van der Waals surface area (Å²) in [6.07, 6.45) is 1.82. The zero-order chi connectivity index (χ0) is 18.6. The van der Waals surface area contributed by atoms with Crippen LogP contribution in [-0.4, -0.2) is 20.7 Å². The van der Waals surface area contributed by atoms with Crippen molar-refractivity contribution >= 4 is 11.6 Å². The monoisotopic (exact) mass is 358 g/mol. The van der Waals surface area contributed by atoms with E-state index in [1.807, 2.05) is 79.9 Å². The van der Waals surface area contributed by atoms with Gasteiger partial charge >= 0.3 is 0 Å². The van der Waals surface area contributed by atoms with E-state index in [1.165, 1.54) is 0 Å². The summed E-state index contributed by atoms with van der Waals surface area (Å²) >= 11 is 0. The van der Waals surface area contributed by atoms with Gasteiger partial charge in [0.15, 0.2) is 0 Å². The lowest BCUT2D eigenvalue weighted by molar-refractivity contribution is -0.116. The van der Waals surface area contributed by atoms with E-state index in [2.05, 4.69) is 15.5 Å². The smallest absolute Gasteiger partial charge is 0.264 e. The van der Waals surface area contributed by atoms with Crippen LogP contribution < -0.4 is 5.32 Å². The number of benzene rings is 2. The largest absolute Gasteiger partial charge is 0.415 e. The van der Waals surface area contributed by atoms with Crippen LogP contribution in [0.1, 0.15) is 5.56 Å². The van der Waals surface area contributed by atoms with Crippen molar-refractivity contribution in [2.75, 3.05) is 5.32 Å². The van der Waals surface area contributed by atoms with E-state index < -0.39 is 0 Å². The maximum Gasteiger partial charge on any atom is 0.264 e. The van der Waals surface area contributed by atoms with Crippen LogP contribution in [0.3, 0.4) is 0 Å². The van der Waals surface area contributed by atoms with Gasteiger partial charge in [-0.1, -0.05) is 35.9 Å². The van der Waals surface area contributed by atoms with Gasteiger partial charge in [-0.25, -0.2) is 0 Å². The minimum Gasteiger partial charge on any atom is -0.415 e. The highest BCUT2D eigenvalue weighted by atomic mass is 16.4. The van der Waals surface area contributed by atoms with E-state index in [-0.39, 0.29) is 12.5 Å². The third-order valence-electron chi connectivity index (χ3n) is 4.14. The maximum atomic E-state index is 12.4. The van der Waals surface area contributed by atoms with Crippen LogP contribution in [0, 0.1) is 6.92 Å². The number of hydrogen-bond acceptors (Lipinski definition) is 4. The minimum absolute atomic E-state index is 0.126. The molecule has 0 aliphatic carbocycles. The first-order valence-corrected chi connectivity index (χ1v) is 8.60. The first kappa shape index (κ1) is 16.8. The van der Waals surface area contributed by atoms with Gasteiger partial charge < -0.3 is 14.3 Å². The number of carbonyl (C=O) groups is 1. The number of aryl methyl sites for hydroxylation is 1. The molecule has 2 aromatic carbocycles. The highest BCUT2D eigenvalue weighted by Gasteiger charge is 2.15. The second kappa shape index (κ2) is 7.29. The van der Waals surface area contributed by atoms with E-state index in [4.69, 9.17) is 4.42 Å². The summed E-state index contributed by atoms with van der Waals surface area (Å²) in [5.41, 5.74) is 3.46. The molecule has 1 N–H and O–H groups in total. The van der Waals surface area contributed by atoms with E-state index in [0.29, 0.717) is 17.5 Å². The fraction of sp³-hybridized carbons (Fsp3) is 0.0952. The highest BCUT2D eigenvalue weighted by molar-refractivity contribution is 5.90. The Morgan fingerprint density at radius 1 is 0.963 bits per heavy atom. The molecule has 0 saturated carbocycles. The molecule has 2 aromatic heterocycles. The second-order valence-electron chi connectivity index (χ2n) is 6.21. The molecule has 0 radical (unpaired) electrons. The molecule has 0 bridgehead atoms. The van der Waals surface area contributed by atoms with Crippen LogP contribution >= 0.6 is 0 Å². The summed E-state index contributed by atoms with van der Waals surface area (Å²) in [4.78, 5) is 12.4. The molecule has 27 heavy (non-hydrogen) atoms. The van der Waals surface area contributed by atoms with Crippen LogP contribution in [0.4, 0.5) is 5.69 Å². The second-order valence-corrected chi connectivity index (χ2v) is 6.21. The Hall–Kier alpha value is -3.67. The number of carbonyl (C=O) groups excluding carboxylic acids is 1. The molecule has 134 valence electrons. The van der Waals surface area contributed by atoms with Gasteiger partial charge in [-0.2, -0.15) is 0 Å². The van der Waals surface area contributed by atoms with Crippen molar-refractivity contribution < 1.29 is 9.21 Å². The lowest BCUT2D eigenvalue weighted by Gasteiger charge is -2.08. The molecule has 6 nitrogen and oxygen atoms in total. The molecule has 4 aromatic rings. The number of anilines is 1. The van der Waals surface area contributed by atoms with Crippen molar-refractivity contribution in [3.63, 3.8) is 0 Å². The van der Waals surface area contributed by atoms with Crippen molar-refractivity contribution in [3.8, 4) is 23.0 Å². The molecule has 0 fully saturated rings. The van der Waals surface area contributed by atoms with Crippen molar-refractivity contribution in [2.24, 2.45) is 0 Å². The number of aromatic nitrogens is 3. The number of amides is 1. The predicted molar refractivity (Wildman–Crippen MR) is 103 cm³/mol. The van der Waals surface area contributed by atoms with Gasteiger partial charge in [0.1, 0.15) is 12.2 Å². The third-order valence-corrected chi connectivity index (χ3v) is 4.14. The normalized spacial score (nSPS) is 10.7. The average Bonchev–Trinajstić information content (AvgIpc) is 3.33. The van der Waals surface area contributed by atoms with Crippen molar-refractivity contribution in [2.45, 2.75) is 13.5 Å². The average molecular weight is 358 g/mol. The van der Waals surface area contributed by atoms with Gasteiger partial charge in [-0.05, 0) is 43.3 Å². The summed E-state index contributed by atoms with van der Waals surface area (Å²) in [6, 6.07) is 21.0. The molecule has 0 aliphatic heterocycles. The number of nitrogens with one attached hydrogen (secondary N) is 1. The Kier molecular flexibility index (Phi) is 4.53. The van der Waals surface area contributed by atoms with Crippen LogP contribution in [0.15, 0.2) is 77.3 Å². The Morgan fingerprint density at radius 2 is 1.70 bits per heavy atom. The number of rotatable bonds is 5. The fourth-order valence-electron chi connectivity index (χ4n) is 2.76. The third kappa shape index (κ3) is 3.79. The predicted octanol–water partition coefficient (Wildman–Crippen LogP) is 4.15. The molecule has 4 rings (SSSR count). The van der Waals surface area contributed by atoms with Crippen LogP contribution in [-0.2, 0) is 11.3 Å². The molecular weight excluding hydrogens is 340 g/mol. The first-order chi connectivity index (χ1) is 13.2. The molecule has 0 saturated heterocycles. The van der Waals surface area contributed by atoms with Crippen LogP contribution in [0.25, 0.3) is 23.0 Å². The van der Waals surface area contributed by atoms with Crippen LogP contribution in [0.2, 0.25) is 0 Å². The van der Waals surface area contributed by atoms with Crippen molar-refractivity contribution in [3.05, 3.63) is 78.5 Å². The number of nitrogens with zero attached hydrogens (tertiary/aromatic N) is 3. The Labute approximate surface area is 156 Å². The zero-order valence-electron chi connectivity index (χ0n) is 14.8. The lowest BCUT2D eigenvalue weighted by atomic mass is 10.2. The van der Waals surface area contributed by atoms with Crippen LogP contribution in [0.5, 0.6) is 0 Å². The van der Waals surface area contributed by atoms with Gasteiger partial charge in [0.05, 0.1) is 0 Å². The van der Waals surface area contributed by atoms with E-state index in [0.717, 1.165) is 16.8 Å². The molecule has 0 spiro atoms. The van der Waals surface area contributed by atoms with Gasteiger partial charge in [-0.15, -0.1) is 10.2 Å². The summed E-state index contributed by atoms with van der Waals surface area (Å²) in [5, 5.41) is 11.1. The van der Waals surface area contributed by atoms with Crippen molar-refractivity contribution in [1.82, 2.24) is 14.8 Å². The summed E-state index contributed by atoms with van der Waals surface area (Å²) in [7, 11) is 0. The molecule has 0 unspecified atom stereocenters. The minimum atomic E-state index is -0.126. The van der Waals surface area contributed by atoms with Gasteiger partial charge in [0.25, 0.3) is 5.89 Å². The van der Waals surface area contributed by atoms with E-state index in [1.54, 1.807) is 4.57 Å². The Balaban J connectivity index is 1.50. The molecular formula is C21H18N4O2. The molecule has 0 aliphatic rings. The van der Waals surface area contributed by atoms with Gasteiger partial charge in [0, 0.05) is 17.4 Å². The SMILES string of the molecule is Cc1ccc(NC(=O)Cn2cccc2-c2nnc(-c3ccccc3)o2)cc1. The Morgan fingerprint density at radius 3 is 2.48 bits per heavy atom. The zero-order valence-corrected chi connectivity index (χ0v) is 14.8. The van der Waals surface area contributed by atoms with Crippen molar-refractivity contribution in [1.29, 1.82) is 0 Å². The topological polar surface area (TPSA) is 73.0 Å². The van der Waals surface area contributed by atoms with E-state index in [9.17, 15) is 4.79 Å². The summed E-state index contributed by atoms with van der Waals surface area (Å²) < 4.78 is 7.58. The lowest BCUT2D eigenvalue weighted by Crippen LogP contribution is -2.18. The molecule has 0 atom stereocenters. The highest BCUT2D eigenvalue weighted by Crippen LogP contribution is 2.24. The summed E-state index contributed by atoms with van der Waals surface area (Å²) in [6.45, 7) is 2.16.